The van der Waals surface area contributed by atoms with Crippen LogP contribution in [0.5, 0.6) is 0 Å². The van der Waals surface area contributed by atoms with Gasteiger partial charge in [0.2, 0.25) is 5.78 Å². The summed E-state index contributed by atoms with van der Waals surface area (Å²) < 4.78 is 0. The third-order valence-corrected chi connectivity index (χ3v) is 5.18. The first-order chi connectivity index (χ1) is 12.6. The van der Waals surface area contributed by atoms with Crippen molar-refractivity contribution in [2.75, 3.05) is 0 Å². The maximum atomic E-state index is 13.0. The molecule has 2 N–H and O–H groups in total. The molecule has 0 amide bonds. The summed E-state index contributed by atoms with van der Waals surface area (Å²) in [5.74, 6) is -0.150. The maximum absolute atomic E-state index is 13.0. The number of carbonyl (C=O) groups is 1. The second-order valence-corrected chi connectivity index (χ2v) is 6.69. The van der Waals surface area contributed by atoms with Crippen molar-refractivity contribution < 1.29 is 9.90 Å². The standard InChI is InChI=1S/C22H16N2O2/c1-11-13-7-3-5-9-15(13)19(23-11)17-21(25)18(22(17)26)20-16-10-6-4-8-14(16)12(2)24-20/h3-10,23,25H,1-2H3/b20-18+. The number of allylic oxidation sites excluding steroid dienone is 2. The molecular weight excluding hydrogens is 324 g/mol. The summed E-state index contributed by atoms with van der Waals surface area (Å²) in [6.45, 7) is 3.88. The number of nitrogens with zero attached hydrogens (tertiary/aromatic N) is 1. The van der Waals surface area contributed by atoms with Gasteiger partial charge in [-0.1, -0.05) is 48.5 Å². The molecule has 1 aliphatic heterocycles. The molecule has 1 aliphatic carbocycles. The molecule has 2 heterocycles. The fourth-order valence-corrected chi connectivity index (χ4v) is 3.89. The summed E-state index contributed by atoms with van der Waals surface area (Å²) in [6.07, 6.45) is 0. The number of aliphatic hydroxyl groups is 1. The first-order valence-electron chi connectivity index (χ1n) is 8.53. The normalized spacial score (nSPS) is 19.0. The largest absolute Gasteiger partial charge is 0.506 e. The molecule has 1 aromatic heterocycles. The van der Waals surface area contributed by atoms with Crippen LogP contribution in [0.3, 0.4) is 0 Å². The highest BCUT2D eigenvalue weighted by Gasteiger charge is 2.40. The van der Waals surface area contributed by atoms with Gasteiger partial charge in [0.15, 0.2) is 0 Å². The van der Waals surface area contributed by atoms with E-state index in [0.717, 1.165) is 33.3 Å². The van der Waals surface area contributed by atoms with E-state index in [1.165, 1.54) is 0 Å². The third kappa shape index (κ3) is 1.78. The number of nitrogens with one attached hydrogen (secondary N) is 1. The van der Waals surface area contributed by atoms with Gasteiger partial charge in [0, 0.05) is 33.3 Å². The summed E-state index contributed by atoms with van der Waals surface area (Å²) in [5, 5.41) is 12.7. The fraction of sp³-hybridized carbons (Fsp3) is 0.0909. The van der Waals surface area contributed by atoms with Gasteiger partial charge in [-0.25, -0.2) is 0 Å². The Morgan fingerprint density at radius 2 is 1.54 bits per heavy atom. The van der Waals surface area contributed by atoms with Crippen molar-refractivity contribution in [1.82, 2.24) is 4.98 Å². The van der Waals surface area contributed by atoms with Gasteiger partial charge in [0.25, 0.3) is 0 Å². The topological polar surface area (TPSA) is 65.5 Å². The van der Waals surface area contributed by atoms with E-state index < -0.39 is 0 Å². The zero-order valence-corrected chi connectivity index (χ0v) is 14.4. The smallest absolute Gasteiger partial charge is 0.204 e. The minimum atomic E-state index is -0.169. The molecule has 4 nitrogen and oxygen atoms in total. The Balaban J connectivity index is 1.73. The third-order valence-electron chi connectivity index (χ3n) is 5.18. The lowest BCUT2D eigenvalue weighted by Gasteiger charge is -2.22. The number of aliphatic imine (C=N–C) groups is 1. The second-order valence-electron chi connectivity index (χ2n) is 6.69. The molecule has 0 saturated heterocycles. The summed E-state index contributed by atoms with van der Waals surface area (Å²) in [4.78, 5) is 20.8. The Labute approximate surface area is 150 Å². The van der Waals surface area contributed by atoms with Gasteiger partial charge in [0.1, 0.15) is 5.76 Å². The molecule has 4 heteroatoms. The predicted molar refractivity (Wildman–Crippen MR) is 103 cm³/mol. The van der Waals surface area contributed by atoms with E-state index in [-0.39, 0.29) is 11.5 Å². The molecule has 0 unspecified atom stereocenters. The van der Waals surface area contributed by atoms with Gasteiger partial charge in [0.05, 0.1) is 22.5 Å². The van der Waals surface area contributed by atoms with Crippen LogP contribution < -0.4 is 0 Å². The lowest BCUT2D eigenvalue weighted by Crippen LogP contribution is -2.22. The highest BCUT2D eigenvalue weighted by molar-refractivity contribution is 6.42. The number of fused-ring (bicyclic) bond motifs is 2. The zero-order chi connectivity index (χ0) is 18.0. The average molecular weight is 340 g/mol. The Morgan fingerprint density at radius 3 is 2.27 bits per heavy atom. The van der Waals surface area contributed by atoms with Gasteiger partial charge in [-0.3, -0.25) is 9.79 Å². The van der Waals surface area contributed by atoms with Gasteiger partial charge in [-0.15, -0.1) is 0 Å². The number of benzene rings is 2. The van der Waals surface area contributed by atoms with Crippen LogP contribution in [0.25, 0.3) is 22.0 Å². The van der Waals surface area contributed by atoms with E-state index in [9.17, 15) is 9.90 Å². The first kappa shape index (κ1) is 14.9. The monoisotopic (exact) mass is 340 g/mol. The van der Waals surface area contributed by atoms with E-state index in [2.05, 4.69) is 9.98 Å². The lowest BCUT2D eigenvalue weighted by atomic mass is 9.82. The van der Waals surface area contributed by atoms with Crippen molar-refractivity contribution >= 4 is 33.5 Å². The molecule has 0 atom stereocenters. The van der Waals surface area contributed by atoms with Crippen molar-refractivity contribution in [1.29, 1.82) is 0 Å². The quantitative estimate of drug-likeness (QED) is 0.638. The number of aryl methyl sites for hydroxylation is 1. The van der Waals surface area contributed by atoms with Crippen LogP contribution >= 0.6 is 0 Å². The number of hydrogen-bond acceptors (Lipinski definition) is 3. The summed E-state index contributed by atoms with van der Waals surface area (Å²) >= 11 is 0. The van der Waals surface area contributed by atoms with Gasteiger partial charge < -0.3 is 10.1 Å². The fourth-order valence-electron chi connectivity index (χ4n) is 3.89. The van der Waals surface area contributed by atoms with Crippen molar-refractivity contribution in [3.63, 3.8) is 0 Å². The molecule has 3 aromatic rings. The second kappa shape index (κ2) is 5.05. The number of Topliss-reactive ketones (excluding diaryl/α,β-unsaturated/α-hetero) is 1. The minimum Gasteiger partial charge on any atom is -0.506 e. The highest BCUT2D eigenvalue weighted by Crippen LogP contribution is 2.44. The van der Waals surface area contributed by atoms with Crippen LogP contribution in [0.4, 0.5) is 0 Å². The van der Waals surface area contributed by atoms with Gasteiger partial charge in [-0.05, 0) is 13.8 Å². The number of rotatable bonds is 1. The van der Waals surface area contributed by atoms with Gasteiger partial charge in [-0.2, -0.15) is 0 Å². The zero-order valence-electron chi connectivity index (χ0n) is 14.4. The maximum Gasteiger partial charge on any atom is 0.204 e. The van der Waals surface area contributed by atoms with E-state index in [0.29, 0.717) is 22.5 Å². The van der Waals surface area contributed by atoms with Crippen LogP contribution in [0.1, 0.15) is 29.4 Å². The summed E-state index contributed by atoms with van der Waals surface area (Å²) in [6, 6.07) is 15.6. The first-order valence-corrected chi connectivity index (χ1v) is 8.53. The van der Waals surface area contributed by atoms with E-state index in [1.54, 1.807) is 0 Å². The molecule has 126 valence electrons. The number of hydrogen-bond donors (Lipinski definition) is 2. The Kier molecular flexibility index (Phi) is 2.89. The lowest BCUT2D eigenvalue weighted by molar-refractivity contribution is -0.111. The molecule has 5 rings (SSSR count). The number of aromatic amines is 1. The van der Waals surface area contributed by atoms with Crippen LogP contribution in [-0.4, -0.2) is 21.6 Å². The van der Waals surface area contributed by atoms with E-state index >= 15 is 0 Å². The van der Waals surface area contributed by atoms with Crippen LogP contribution in [-0.2, 0) is 4.79 Å². The van der Waals surface area contributed by atoms with Crippen molar-refractivity contribution in [3.05, 3.63) is 82.4 Å². The number of H-pyrrole nitrogens is 1. The Morgan fingerprint density at radius 1 is 0.885 bits per heavy atom. The average Bonchev–Trinajstić information content (AvgIpc) is 3.14. The molecule has 0 radical (unpaired) electrons. The van der Waals surface area contributed by atoms with Crippen LogP contribution in [0.2, 0.25) is 0 Å². The van der Waals surface area contributed by atoms with Gasteiger partial charge >= 0.3 is 0 Å². The molecule has 0 saturated carbocycles. The predicted octanol–water partition coefficient (Wildman–Crippen LogP) is 4.56. The van der Waals surface area contributed by atoms with Crippen molar-refractivity contribution in [3.8, 4) is 0 Å². The Hall–Kier alpha value is -3.40. The number of ketones is 1. The van der Waals surface area contributed by atoms with Crippen LogP contribution in [0, 0.1) is 6.92 Å². The number of aliphatic hydroxyl groups excluding tert-OH is 1. The van der Waals surface area contributed by atoms with E-state index in [4.69, 9.17) is 0 Å². The van der Waals surface area contributed by atoms with Crippen molar-refractivity contribution in [2.45, 2.75) is 13.8 Å². The minimum absolute atomic E-state index is 0.0188. The summed E-state index contributed by atoms with van der Waals surface area (Å²) in [7, 11) is 0. The van der Waals surface area contributed by atoms with Crippen molar-refractivity contribution in [2.24, 2.45) is 4.99 Å². The number of aromatic nitrogens is 1. The molecule has 0 spiro atoms. The number of carbonyl (C=O) groups excluding carboxylic acids is 1. The highest BCUT2D eigenvalue weighted by atomic mass is 16.3. The van der Waals surface area contributed by atoms with E-state index in [1.807, 2.05) is 62.4 Å². The Bertz CT molecular complexity index is 1220. The SMILES string of the molecule is CC1=N/C(=C2/C(=O)C(c3[nH]c(C)c4ccccc34)=C2O)c2ccccc21. The summed E-state index contributed by atoms with van der Waals surface area (Å²) in [5.41, 5.74) is 5.63. The molecule has 26 heavy (non-hydrogen) atoms. The molecular formula is C22H16N2O2. The molecule has 0 fully saturated rings. The van der Waals surface area contributed by atoms with Crippen LogP contribution in [0.15, 0.2) is 64.9 Å². The molecule has 2 aromatic carbocycles. The molecule has 2 aliphatic rings. The molecule has 0 bridgehead atoms.